The van der Waals surface area contributed by atoms with Crippen molar-refractivity contribution in [3.8, 4) is 0 Å². The first-order valence-electron chi connectivity index (χ1n) is 7.06. The third-order valence-electron chi connectivity index (χ3n) is 2.73. The third kappa shape index (κ3) is 6.25. The minimum absolute atomic E-state index is 0.102. The van der Waals surface area contributed by atoms with Gasteiger partial charge in [0.05, 0.1) is 6.10 Å². The van der Waals surface area contributed by atoms with Crippen molar-refractivity contribution in [2.24, 2.45) is 0 Å². The maximum atomic E-state index is 12.3. The van der Waals surface area contributed by atoms with Gasteiger partial charge in [0.25, 0.3) is 0 Å². The van der Waals surface area contributed by atoms with Gasteiger partial charge in [0.2, 0.25) is 0 Å². The molecule has 0 aliphatic heterocycles. The molecular formula is C17H23NO3. The summed E-state index contributed by atoms with van der Waals surface area (Å²) in [5.74, 6) is -0.755. The predicted molar refractivity (Wildman–Crippen MR) is 82.8 cm³/mol. The topological polar surface area (TPSA) is 46.6 Å². The van der Waals surface area contributed by atoms with E-state index in [2.05, 4.69) is 0 Å². The summed E-state index contributed by atoms with van der Waals surface area (Å²) in [5.41, 5.74) is 1.18. The Bertz CT molecular complexity index is 504. The van der Waals surface area contributed by atoms with Crippen LogP contribution in [-0.2, 0) is 20.7 Å². The van der Waals surface area contributed by atoms with Gasteiger partial charge in [-0.3, -0.25) is 4.79 Å². The molecule has 0 heterocycles. The summed E-state index contributed by atoms with van der Waals surface area (Å²) < 4.78 is 5.13. The molecule has 1 aromatic rings. The first kappa shape index (κ1) is 17.0. The molecule has 0 aliphatic rings. The Morgan fingerprint density at radius 3 is 2.33 bits per heavy atom. The molecule has 0 N–H and O–H groups in total. The number of carbonyl (C=O) groups is 2. The Kier molecular flexibility index (Phi) is 6.66. The quantitative estimate of drug-likeness (QED) is 0.335. The van der Waals surface area contributed by atoms with Crippen LogP contribution in [0.15, 0.2) is 42.1 Å². The number of nitrogens with zero attached hydrogens (tertiary/aromatic N) is 1. The summed E-state index contributed by atoms with van der Waals surface area (Å²) in [6.07, 6.45) is 2.18. The number of rotatable bonds is 7. The standard InChI is InChI=1S/C17H23NO3/c1-13(2)21-17(20)15(12-18(3)4)16(19)11-10-14-8-6-5-7-9-14/h5-9,12-13H,10-11H2,1-4H3/b15-12-. The molecule has 0 aliphatic carbocycles. The molecule has 0 saturated heterocycles. The highest BCUT2D eigenvalue weighted by Gasteiger charge is 2.21. The fourth-order valence-electron chi connectivity index (χ4n) is 1.81. The smallest absolute Gasteiger partial charge is 0.343 e. The molecule has 114 valence electrons. The number of aryl methyl sites for hydroxylation is 1. The normalized spacial score (nSPS) is 11.4. The highest BCUT2D eigenvalue weighted by molar-refractivity contribution is 6.17. The second-order valence-corrected chi connectivity index (χ2v) is 5.37. The Balaban J connectivity index is 2.74. The predicted octanol–water partition coefficient (Wildman–Crippen LogP) is 2.59. The second-order valence-electron chi connectivity index (χ2n) is 5.37. The van der Waals surface area contributed by atoms with Gasteiger partial charge in [-0.15, -0.1) is 0 Å². The van der Waals surface area contributed by atoms with Gasteiger partial charge in [-0.25, -0.2) is 4.79 Å². The van der Waals surface area contributed by atoms with Gasteiger partial charge in [0.1, 0.15) is 5.57 Å². The van der Waals surface area contributed by atoms with Crippen LogP contribution in [0.25, 0.3) is 0 Å². The van der Waals surface area contributed by atoms with Crippen molar-refractivity contribution in [2.75, 3.05) is 14.1 Å². The lowest BCUT2D eigenvalue weighted by atomic mass is 10.0. The molecular weight excluding hydrogens is 266 g/mol. The Hall–Kier alpha value is -2.10. The summed E-state index contributed by atoms with van der Waals surface area (Å²) in [6, 6.07) is 9.74. The summed E-state index contributed by atoms with van der Waals surface area (Å²) in [7, 11) is 3.54. The number of ketones is 1. The number of hydrogen-bond donors (Lipinski definition) is 0. The van der Waals surface area contributed by atoms with Crippen molar-refractivity contribution in [2.45, 2.75) is 32.8 Å². The van der Waals surface area contributed by atoms with E-state index in [1.54, 1.807) is 32.8 Å². The fourth-order valence-corrected chi connectivity index (χ4v) is 1.81. The van der Waals surface area contributed by atoms with E-state index in [0.29, 0.717) is 6.42 Å². The zero-order valence-electron chi connectivity index (χ0n) is 13.1. The summed E-state index contributed by atoms with van der Waals surface area (Å²) in [4.78, 5) is 26.0. The molecule has 0 fully saturated rings. The molecule has 0 unspecified atom stereocenters. The van der Waals surface area contributed by atoms with Crippen LogP contribution in [0.4, 0.5) is 0 Å². The van der Waals surface area contributed by atoms with Crippen LogP contribution in [0.5, 0.6) is 0 Å². The van der Waals surface area contributed by atoms with E-state index >= 15 is 0 Å². The molecule has 0 radical (unpaired) electrons. The average Bonchev–Trinajstić information content (AvgIpc) is 2.42. The zero-order valence-corrected chi connectivity index (χ0v) is 13.1. The summed E-state index contributed by atoms with van der Waals surface area (Å²) >= 11 is 0. The van der Waals surface area contributed by atoms with Crippen molar-refractivity contribution in [1.29, 1.82) is 0 Å². The average molecular weight is 289 g/mol. The van der Waals surface area contributed by atoms with Crippen molar-refractivity contribution in [3.63, 3.8) is 0 Å². The number of ether oxygens (including phenoxy) is 1. The van der Waals surface area contributed by atoms with Crippen LogP contribution in [0, 0.1) is 0 Å². The highest BCUT2D eigenvalue weighted by atomic mass is 16.5. The minimum atomic E-state index is -0.559. The lowest BCUT2D eigenvalue weighted by Gasteiger charge is -2.13. The summed E-state index contributed by atoms with van der Waals surface area (Å²) in [6.45, 7) is 3.53. The van der Waals surface area contributed by atoms with E-state index < -0.39 is 5.97 Å². The van der Waals surface area contributed by atoms with Gasteiger partial charge in [-0.1, -0.05) is 30.3 Å². The van der Waals surface area contributed by atoms with E-state index in [1.807, 2.05) is 30.3 Å². The van der Waals surface area contributed by atoms with Gasteiger partial charge in [-0.2, -0.15) is 0 Å². The number of carbonyl (C=O) groups excluding carboxylic acids is 2. The number of esters is 1. The van der Waals surface area contributed by atoms with Gasteiger partial charge < -0.3 is 9.64 Å². The van der Waals surface area contributed by atoms with E-state index in [-0.39, 0.29) is 23.9 Å². The van der Waals surface area contributed by atoms with Crippen molar-refractivity contribution in [1.82, 2.24) is 4.90 Å². The summed E-state index contributed by atoms with van der Waals surface area (Å²) in [5, 5.41) is 0. The van der Waals surface area contributed by atoms with Gasteiger partial charge in [0, 0.05) is 26.7 Å². The number of benzene rings is 1. The van der Waals surface area contributed by atoms with Crippen LogP contribution >= 0.6 is 0 Å². The monoisotopic (exact) mass is 289 g/mol. The molecule has 0 saturated carbocycles. The van der Waals surface area contributed by atoms with Crippen LogP contribution in [-0.4, -0.2) is 36.9 Å². The number of Topliss-reactive ketones (excluding diaryl/α,β-unsaturated/α-hetero) is 1. The van der Waals surface area contributed by atoms with Crippen molar-refractivity contribution >= 4 is 11.8 Å². The first-order valence-corrected chi connectivity index (χ1v) is 7.06. The fraction of sp³-hybridized carbons (Fsp3) is 0.412. The third-order valence-corrected chi connectivity index (χ3v) is 2.73. The minimum Gasteiger partial charge on any atom is -0.459 e. The molecule has 4 heteroatoms. The zero-order chi connectivity index (χ0) is 15.8. The van der Waals surface area contributed by atoms with Gasteiger partial charge >= 0.3 is 5.97 Å². The molecule has 1 rings (SSSR count). The van der Waals surface area contributed by atoms with Crippen LogP contribution in [0.3, 0.4) is 0 Å². The molecule has 0 spiro atoms. The lowest BCUT2D eigenvalue weighted by molar-refractivity contribution is -0.144. The number of hydrogen-bond acceptors (Lipinski definition) is 4. The largest absolute Gasteiger partial charge is 0.459 e. The highest BCUT2D eigenvalue weighted by Crippen LogP contribution is 2.10. The van der Waals surface area contributed by atoms with Gasteiger partial charge in [0.15, 0.2) is 5.78 Å². The van der Waals surface area contributed by atoms with Crippen LogP contribution in [0.2, 0.25) is 0 Å². The van der Waals surface area contributed by atoms with E-state index in [0.717, 1.165) is 5.56 Å². The van der Waals surface area contributed by atoms with E-state index in [1.165, 1.54) is 6.20 Å². The van der Waals surface area contributed by atoms with Crippen LogP contribution in [0.1, 0.15) is 25.8 Å². The van der Waals surface area contributed by atoms with E-state index in [4.69, 9.17) is 4.74 Å². The maximum Gasteiger partial charge on any atom is 0.343 e. The van der Waals surface area contributed by atoms with Crippen molar-refractivity contribution in [3.05, 3.63) is 47.7 Å². The molecule has 0 atom stereocenters. The Morgan fingerprint density at radius 1 is 1.19 bits per heavy atom. The lowest BCUT2D eigenvalue weighted by Crippen LogP contribution is -2.22. The molecule has 0 aromatic heterocycles. The second kappa shape index (κ2) is 8.25. The maximum absolute atomic E-state index is 12.3. The van der Waals surface area contributed by atoms with Crippen LogP contribution < -0.4 is 0 Å². The Labute approximate surface area is 126 Å². The molecule has 21 heavy (non-hydrogen) atoms. The molecule has 1 aromatic carbocycles. The van der Waals surface area contributed by atoms with Gasteiger partial charge in [-0.05, 0) is 25.8 Å². The molecule has 0 amide bonds. The van der Waals surface area contributed by atoms with E-state index in [9.17, 15) is 9.59 Å². The molecule has 4 nitrogen and oxygen atoms in total. The first-order chi connectivity index (χ1) is 9.90. The molecule has 0 bridgehead atoms. The van der Waals surface area contributed by atoms with Crippen molar-refractivity contribution < 1.29 is 14.3 Å². The Morgan fingerprint density at radius 2 is 1.81 bits per heavy atom. The SMILES string of the molecule is CC(C)OC(=O)/C(=C\N(C)C)C(=O)CCc1ccccc1.